The third-order valence-electron chi connectivity index (χ3n) is 2.25. The van der Waals surface area contributed by atoms with Gasteiger partial charge in [0.2, 0.25) is 0 Å². The Hall–Kier alpha value is -1.30. The van der Waals surface area contributed by atoms with Crippen molar-refractivity contribution in [1.29, 1.82) is 0 Å². The topological polar surface area (TPSA) is 43.4 Å². The van der Waals surface area contributed by atoms with Crippen molar-refractivity contribution >= 4 is 11.8 Å². The molecule has 0 spiro atoms. The maximum atomic E-state index is 11.6. The summed E-state index contributed by atoms with van der Waals surface area (Å²) in [6.07, 6.45) is 0.950. The predicted molar refractivity (Wildman–Crippen MR) is 58.1 cm³/mol. The molecule has 0 aromatic rings. The number of ketones is 1. The van der Waals surface area contributed by atoms with Crippen molar-refractivity contribution in [3.05, 3.63) is 0 Å². The van der Waals surface area contributed by atoms with E-state index in [2.05, 4.69) is 11.8 Å². The lowest BCUT2D eigenvalue weighted by Crippen LogP contribution is -2.36. The Balaban J connectivity index is 4.74. The van der Waals surface area contributed by atoms with Gasteiger partial charge in [-0.05, 0) is 20.8 Å². The zero-order chi connectivity index (χ0) is 11.9. The second-order valence-corrected chi connectivity index (χ2v) is 3.49. The maximum absolute atomic E-state index is 11.6. The van der Waals surface area contributed by atoms with Gasteiger partial charge in [-0.2, -0.15) is 0 Å². The van der Waals surface area contributed by atoms with E-state index in [1.54, 1.807) is 13.8 Å². The summed E-state index contributed by atoms with van der Waals surface area (Å²) < 4.78 is 4.87. The lowest BCUT2D eigenvalue weighted by Gasteiger charge is -2.21. The molecule has 0 saturated carbocycles. The van der Waals surface area contributed by atoms with Gasteiger partial charge < -0.3 is 4.74 Å². The molecule has 0 bridgehead atoms. The largest absolute Gasteiger partial charge is 0.465 e. The van der Waals surface area contributed by atoms with Gasteiger partial charge in [0.1, 0.15) is 11.2 Å². The van der Waals surface area contributed by atoms with Crippen LogP contribution in [-0.4, -0.2) is 18.4 Å². The maximum Gasteiger partial charge on any atom is 0.320 e. The van der Waals surface area contributed by atoms with Crippen molar-refractivity contribution in [3.8, 4) is 11.8 Å². The van der Waals surface area contributed by atoms with Crippen LogP contribution in [0.2, 0.25) is 0 Å². The molecule has 0 aromatic carbocycles. The van der Waals surface area contributed by atoms with E-state index in [0.717, 1.165) is 6.42 Å². The van der Waals surface area contributed by atoms with Crippen LogP contribution in [0, 0.1) is 17.3 Å². The van der Waals surface area contributed by atoms with Gasteiger partial charge in [0.25, 0.3) is 0 Å². The van der Waals surface area contributed by atoms with Gasteiger partial charge >= 0.3 is 5.97 Å². The fourth-order valence-electron chi connectivity index (χ4n) is 0.995. The molecule has 0 radical (unpaired) electrons. The normalized spacial score (nSPS) is 13.3. The standard InChI is InChI=1S/C12H18O3/c1-5-7-8-9-12(4,10(3)13)11(14)15-6-2/h5-6,9H2,1-4H3. The third-order valence-corrected chi connectivity index (χ3v) is 2.25. The van der Waals surface area contributed by atoms with Crippen molar-refractivity contribution in [1.82, 2.24) is 0 Å². The number of rotatable bonds is 4. The van der Waals surface area contributed by atoms with E-state index in [1.165, 1.54) is 6.92 Å². The number of hydrogen-bond acceptors (Lipinski definition) is 3. The van der Waals surface area contributed by atoms with Gasteiger partial charge in [-0.15, -0.1) is 11.8 Å². The Labute approximate surface area is 91.2 Å². The average molecular weight is 210 g/mol. The van der Waals surface area contributed by atoms with Crippen molar-refractivity contribution in [2.45, 2.75) is 40.5 Å². The molecule has 84 valence electrons. The van der Waals surface area contributed by atoms with Crippen LogP contribution in [0.1, 0.15) is 40.5 Å². The first kappa shape index (κ1) is 13.7. The van der Waals surface area contributed by atoms with Crippen LogP contribution in [0.25, 0.3) is 0 Å². The summed E-state index contributed by atoms with van der Waals surface area (Å²) in [6, 6.07) is 0. The van der Waals surface area contributed by atoms with Crippen molar-refractivity contribution in [2.24, 2.45) is 5.41 Å². The molecule has 15 heavy (non-hydrogen) atoms. The van der Waals surface area contributed by atoms with E-state index >= 15 is 0 Å². The molecular formula is C12H18O3. The molecule has 0 N–H and O–H groups in total. The number of ether oxygens (including phenoxy) is 1. The molecule has 3 nitrogen and oxygen atoms in total. The fourth-order valence-corrected chi connectivity index (χ4v) is 0.995. The van der Waals surface area contributed by atoms with Crippen LogP contribution in [0.15, 0.2) is 0 Å². The van der Waals surface area contributed by atoms with Crippen LogP contribution < -0.4 is 0 Å². The Kier molecular flexibility index (Phi) is 5.69. The van der Waals surface area contributed by atoms with Gasteiger partial charge in [-0.3, -0.25) is 9.59 Å². The molecule has 0 fully saturated rings. The number of carbonyl (C=O) groups excluding carboxylic acids is 2. The summed E-state index contributed by atoms with van der Waals surface area (Å²) >= 11 is 0. The van der Waals surface area contributed by atoms with Crippen molar-refractivity contribution in [2.75, 3.05) is 6.61 Å². The molecule has 1 atom stereocenters. The van der Waals surface area contributed by atoms with E-state index < -0.39 is 11.4 Å². The fraction of sp³-hybridized carbons (Fsp3) is 0.667. The Morgan fingerprint density at radius 3 is 2.27 bits per heavy atom. The molecule has 3 heteroatoms. The van der Waals surface area contributed by atoms with Crippen LogP contribution in [0.3, 0.4) is 0 Å². The van der Waals surface area contributed by atoms with E-state index in [9.17, 15) is 9.59 Å². The molecular weight excluding hydrogens is 192 g/mol. The summed E-state index contributed by atoms with van der Waals surface area (Å²) in [6.45, 7) is 6.89. The SMILES string of the molecule is CCC#CCC(C)(C(C)=O)C(=O)OCC. The molecule has 0 rings (SSSR count). The zero-order valence-electron chi connectivity index (χ0n) is 9.85. The zero-order valence-corrected chi connectivity index (χ0v) is 9.85. The minimum absolute atomic E-state index is 0.202. The lowest BCUT2D eigenvalue weighted by molar-refractivity contribution is -0.158. The van der Waals surface area contributed by atoms with Crippen LogP contribution in [0.4, 0.5) is 0 Å². The highest BCUT2D eigenvalue weighted by atomic mass is 16.5. The third kappa shape index (κ3) is 3.75. The second-order valence-electron chi connectivity index (χ2n) is 3.49. The van der Waals surface area contributed by atoms with Gasteiger partial charge in [0.05, 0.1) is 6.61 Å². The van der Waals surface area contributed by atoms with E-state index in [0.29, 0.717) is 0 Å². The molecule has 0 saturated heterocycles. The molecule has 0 amide bonds. The number of hydrogen-bond donors (Lipinski definition) is 0. The summed E-state index contributed by atoms with van der Waals surface area (Å²) in [4.78, 5) is 23.0. The molecule has 0 aliphatic rings. The highest BCUT2D eigenvalue weighted by Crippen LogP contribution is 2.24. The first-order valence-corrected chi connectivity index (χ1v) is 5.13. The predicted octanol–water partition coefficient (Wildman–Crippen LogP) is 1.95. The van der Waals surface area contributed by atoms with Crippen molar-refractivity contribution in [3.63, 3.8) is 0 Å². The summed E-state index contributed by atoms with van der Waals surface area (Å²) in [5, 5.41) is 0. The highest BCUT2D eigenvalue weighted by Gasteiger charge is 2.38. The molecule has 0 aliphatic heterocycles. The molecule has 0 heterocycles. The first-order chi connectivity index (χ1) is 6.99. The van der Waals surface area contributed by atoms with Crippen LogP contribution in [-0.2, 0) is 14.3 Å². The smallest absolute Gasteiger partial charge is 0.320 e. The Bertz CT molecular complexity index is 296. The van der Waals surface area contributed by atoms with Gasteiger partial charge in [0, 0.05) is 12.8 Å². The second kappa shape index (κ2) is 6.23. The first-order valence-electron chi connectivity index (χ1n) is 5.13. The van der Waals surface area contributed by atoms with Crippen LogP contribution in [0.5, 0.6) is 0 Å². The number of Topliss-reactive ketones (excluding diaryl/α,β-unsaturated/α-hetero) is 1. The Morgan fingerprint density at radius 2 is 1.87 bits per heavy atom. The average Bonchev–Trinajstić information content (AvgIpc) is 2.18. The Morgan fingerprint density at radius 1 is 1.27 bits per heavy atom. The summed E-state index contributed by atoms with van der Waals surface area (Å²) in [5.74, 6) is 4.98. The van der Waals surface area contributed by atoms with E-state index in [4.69, 9.17) is 4.74 Å². The minimum Gasteiger partial charge on any atom is -0.465 e. The van der Waals surface area contributed by atoms with E-state index in [1.807, 2.05) is 6.92 Å². The monoisotopic (exact) mass is 210 g/mol. The minimum atomic E-state index is -1.11. The molecule has 1 unspecified atom stereocenters. The molecule has 0 aliphatic carbocycles. The summed E-state index contributed by atoms with van der Waals surface area (Å²) in [7, 11) is 0. The quantitative estimate of drug-likeness (QED) is 0.404. The van der Waals surface area contributed by atoms with E-state index in [-0.39, 0.29) is 18.8 Å². The highest BCUT2D eigenvalue weighted by molar-refractivity contribution is 6.02. The van der Waals surface area contributed by atoms with Gasteiger partial charge in [0.15, 0.2) is 0 Å². The number of carbonyl (C=O) groups is 2. The molecule has 0 aromatic heterocycles. The van der Waals surface area contributed by atoms with Gasteiger partial charge in [-0.1, -0.05) is 6.92 Å². The number of esters is 1. The van der Waals surface area contributed by atoms with Crippen LogP contribution >= 0.6 is 0 Å². The lowest BCUT2D eigenvalue weighted by atomic mass is 9.83. The van der Waals surface area contributed by atoms with Gasteiger partial charge in [-0.25, -0.2) is 0 Å². The van der Waals surface area contributed by atoms with Crippen molar-refractivity contribution < 1.29 is 14.3 Å². The summed E-state index contributed by atoms with van der Waals surface area (Å²) in [5.41, 5.74) is -1.11.